The molecule has 3 nitrogen and oxygen atoms in total. The zero-order chi connectivity index (χ0) is 13.4. The average Bonchev–Trinajstić information content (AvgIpc) is 2.94. The van der Waals surface area contributed by atoms with Crippen LogP contribution >= 0.6 is 11.6 Å². The van der Waals surface area contributed by atoms with Gasteiger partial charge in [0.2, 0.25) is 0 Å². The molecule has 2 aromatic rings. The SMILES string of the molecule is CN1CCC(Cn2c(CCl)nc3cc(F)ccc32)C1. The Hall–Kier alpha value is -1.13. The predicted octanol–water partition coefficient (Wildman–Crippen LogP) is 2.87. The Morgan fingerprint density at radius 2 is 2.32 bits per heavy atom. The van der Waals surface area contributed by atoms with Gasteiger partial charge in [-0.15, -0.1) is 11.6 Å². The maximum Gasteiger partial charge on any atom is 0.125 e. The quantitative estimate of drug-likeness (QED) is 0.807. The smallest absolute Gasteiger partial charge is 0.125 e. The monoisotopic (exact) mass is 281 g/mol. The van der Waals surface area contributed by atoms with Gasteiger partial charge in [-0.1, -0.05) is 0 Å². The van der Waals surface area contributed by atoms with Crippen LogP contribution in [0.2, 0.25) is 0 Å². The molecular weight excluding hydrogens is 265 g/mol. The zero-order valence-corrected chi connectivity index (χ0v) is 11.7. The Balaban J connectivity index is 1.96. The molecule has 0 N–H and O–H groups in total. The molecule has 1 aliphatic heterocycles. The number of fused-ring (bicyclic) bond motifs is 1. The number of halogens is 2. The molecule has 102 valence electrons. The molecule has 1 fully saturated rings. The third kappa shape index (κ3) is 2.47. The van der Waals surface area contributed by atoms with Gasteiger partial charge in [0.05, 0.1) is 16.9 Å². The van der Waals surface area contributed by atoms with E-state index in [0.717, 1.165) is 31.0 Å². The van der Waals surface area contributed by atoms with Crippen molar-refractivity contribution in [2.75, 3.05) is 20.1 Å². The van der Waals surface area contributed by atoms with Crippen LogP contribution < -0.4 is 0 Å². The van der Waals surface area contributed by atoms with E-state index in [1.807, 2.05) is 0 Å². The molecule has 1 atom stereocenters. The van der Waals surface area contributed by atoms with Gasteiger partial charge < -0.3 is 9.47 Å². The lowest BCUT2D eigenvalue weighted by Crippen LogP contribution is -2.18. The summed E-state index contributed by atoms with van der Waals surface area (Å²) in [7, 11) is 2.14. The van der Waals surface area contributed by atoms with Crippen LogP contribution in [-0.4, -0.2) is 34.6 Å². The molecule has 1 aliphatic rings. The maximum absolute atomic E-state index is 13.2. The van der Waals surface area contributed by atoms with Crippen LogP contribution in [0.15, 0.2) is 18.2 Å². The van der Waals surface area contributed by atoms with Gasteiger partial charge in [0.1, 0.15) is 11.6 Å². The van der Waals surface area contributed by atoms with Crippen LogP contribution in [0, 0.1) is 11.7 Å². The summed E-state index contributed by atoms with van der Waals surface area (Å²) >= 11 is 5.97. The van der Waals surface area contributed by atoms with Crippen molar-refractivity contribution in [2.24, 2.45) is 5.92 Å². The van der Waals surface area contributed by atoms with Crippen molar-refractivity contribution < 1.29 is 4.39 Å². The van der Waals surface area contributed by atoms with Crippen molar-refractivity contribution in [3.8, 4) is 0 Å². The van der Waals surface area contributed by atoms with Gasteiger partial charge in [-0.2, -0.15) is 0 Å². The van der Waals surface area contributed by atoms with Gasteiger partial charge in [0.15, 0.2) is 0 Å². The molecule has 1 aromatic carbocycles. The molecule has 0 amide bonds. The molecule has 0 radical (unpaired) electrons. The topological polar surface area (TPSA) is 21.1 Å². The molecule has 0 spiro atoms. The normalized spacial score (nSPS) is 20.5. The van der Waals surface area contributed by atoms with E-state index in [4.69, 9.17) is 11.6 Å². The van der Waals surface area contributed by atoms with Gasteiger partial charge in [0, 0.05) is 19.2 Å². The van der Waals surface area contributed by atoms with Gasteiger partial charge >= 0.3 is 0 Å². The van der Waals surface area contributed by atoms with Gasteiger partial charge in [0.25, 0.3) is 0 Å². The molecular formula is C14H17ClFN3. The highest BCUT2D eigenvalue weighted by molar-refractivity contribution is 6.16. The number of rotatable bonds is 3. The van der Waals surface area contributed by atoms with E-state index < -0.39 is 0 Å². The molecule has 0 aliphatic carbocycles. The number of nitrogens with zero attached hydrogens (tertiary/aromatic N) is 3. The molecule has 0 bridgehead atoms. The fraction of sp³-hybridized carbons (Fsp3) is 0.500. The third-order valence-electron chi connectivity index (χ3n) is 3.84. The number of alkyl halides is 1. The predicted molar refractivity (Wildman–Crippen MR) is 74.9 cm³/mol. The van der Waals surface area contributed by atoms with Crippen molar-refractivity contribution in [3.05, 3.63) is 29.8 Å². The molecule has 1 saturated heterocycles. The Morgan fingerprint density at radius 1 is 1.47 bits per heavy atom. The Morgan fingerprint density at radius 3 is 3.00 bits per heavy atom. The lowest BCUT2D eigenvalue weighted by atomic mass is 10.1. The van der Waals surface area contributed by atoms with Crippen molar-refractivity contribution >= 4 is 22.6 Å². The number of benzene rings is 1. The van der Waals surface area contributed by atoms with E-state index in [-0.39, 0.29) is 5.82 Å². The first kappa shape index (κ1) is 12.9. The summed E-state index contributed by atoms with van der Waals surface area (Å²) in [6.45, 7) is 3.15. The lowest BCUT2D eigenvalue weighted by Gasteiger charge is -2.14. The number of hydrogen-bond acceptors (Lipinski definition) is 2. The lowest BCUT2D eigenvalue weighted by molar-refractivity contribution is 0.378. The van der Waals surface area contributed by atoms with Crippen LogP contribution in [0.1, 0.15) is 12.2 Å². The largest absolute Gasteiger partial charge is 0.327 e. The van der Waals surface area contributed by atoms with Crippen molar-refractivity contribution in [1.82, 2.24) is 14.5 Å². The summed E-state index contributed by atoms with van der Waals surface area (Å²) in [6.07, 6.45) is 1.19. The van der Waals surface area contributed by atoms with E-state index >= 15 is 0 Å². The first-order valence-corrected chi connectivity index (χ1v) is 7.10. The highest BCUT2D eigenvalue weighted by atomic mass is 35.5. The van der Waals surface area contributed by atoms with E-state index in [2.05, 4.69) is 21.5 Å². The van der Waals surface area contributed by atoms with Crippen LogP contribution in [0.5, 0.6) is 0 Å². The Bertz CT molecular complexity index is 596. The molecule has 5 heteroatoms. The van der Waals surface area contributed by atoms with E-state index in [1.54, 1.807) is 6.07 Å². The van der Waals surface area contributed by atoms with E-state index in [1.165, 1.54) is 18.6 Å². The Kier molecular flexibility index (Phi) is 3.46. The molecule has 3 rings (SSSR count). The van der Waals surface area contributed by atoms with Crippen molar-refractivity contribution in [2.45, 2.75) is 18.8 Å². The first-order valence-electron chi connectivity index (χ1n) is 6.56. The maximum atomic E-state index is 13.2. The van der Waals surface area contributed by atoms with Crippen LogP contribution in [0.4, 0.5) is 4.39 Å². The fourth-order valence-electron chi connectivity index (χ4n) is 2.89. The third-order valence-corrected chi connectivity index (χ3v) is 4.08. The highest BCUT2D eigenvalue weighted by Gasteiger charge is 2.22. The molecule has 1 unspecified atom stereocenters. The standard InChI is InChI=1S/C14H17ClFN3/c1-18-5-4-10(8-18)9-19-13-3-2-11(16)6-12(13)17-14(19)7-15/h2-3,6,10H,4-5,7-9H2,1H3. The van der Waals surface area contributed by atoms with Crippen LogP contribution in [0.25, 0.3) is 11.0 Å². The number of imidazole rings is 1. The van der Waals surface area contributed by atoms with Gasteiger partial charge in [-0.25, -0.2) is 9.37 Å². The summed E-state index contributed by atoms with van der Waals surface area (Å²) in [5, 5.41) is 0. The summed E-state index contributed by atoms with van der Waals surface area (Å²) in [5.74, 6) is 1.56. The van der Waals surface area contributed by atoms with E-state index in [0.29, 0.717) is 17.3 Å². The second-order valence-electron chi connectivity index (χ2n) is 5.32. The number of aromatic nitrogens is 2. The molecule has 2 heterocycles. The minimum Gasteiger partial charge on any atom is -0.327 e. The zero-order valence-electron chi connectivity index (χ0n) is 10.9. The summed E-state index contributed by atoms with van der Waals surface area (Å²) in [5.41, 5.74) is 1.67. The number of hydrogen-bond donors (Lipinski definition) is 0. The van der Waals surface area contributed by atoms with Gasteiger partial charge in [-0.05, 0) is 38.1 Å². The minimum atomic E-state index is -0.251. The molecule has 19 heavy (non-hydrogen) atoms. The highest BCUT2D eigenvalue weighted by Crippen LogP contribution is 2.23. The average molecular weight is 282 g/mol. The van der Waals surface area contributed by atoms with Crippen molar-refractivity contribution in [3.63, 3.8) is 0 Å². The Labute approximate surface area is 117 Å². The second-order valence-corrected chi connectivity index (χ2v) is 5.59. The summed E-state index contributed by atoms with van der Waals surface area (Å²) < 4.78 is 15.4. The number of likely N-dealkylation sites (tertiary alicyclic amines) is 1. The van der Waals surface area contributed by atoms with Gasteiger partial charge in [-0.3, -0.25) is 0 Å². The minimum absolute atomic E-state index is 0.251. The van der Waals surface area contributed by atoms with E-state index in [9.17, 15) is 4.39 Å². The van der Waals surface area contributed by atoms with Crippen molar-refractivity contribution in [1.29, 1.82) is 0 Å². The summed E-state index contributed by atoms with van der Waals surface area (Å²) in [4.78, 5) is 6.77. The molecule has 1 aromatic heterocycles. The van der Waals surface area contributed by atoms with Crippen LogP contribution in [-0.2, 0) is 12.4 Å². The van der Waals surface area contributed by atoms with Crippen LogP contribution in [0.3, 0.4) is 0 Å². The second kappa shape index (κ2) is 5.10. The fourth-order valence-corrected chi connectivity index (χ4v) is 3.10. The first-order chi connectivity index (χ1) is 9.17. The molecule has 0 saturated carbocycles. The summed E-state index contributed by atoms with van der Waals surface area (Å²) in [6, 6.07) is 4.76.